The lowest BCUT2D eigenvalue weighted by Gasteiger charge is -2.10. The number of methoxy groups -OCH3 is 2. The Hall–Kier alpha value is -1.22. The standard InChI is InChI=1S/C17H29NO2/c1-4-12-18-13-8-6-5-7-9-15-10-11-16(19-2)14-17(15)20-3/h10-11,14,18H,4-9,12-13H2,1-3H3. The van der Waals surface area contributed by atoms with Gasteiger partial charge in [0.15, 0.2) is 0 Å². The van der Waals surface area contributed by atoms with Gasteiger partial charge in [0.25, 0.3) is 0 Å². The molecule has 0 spiro atoms. The highest BCUT2D eigenvalue weighted by Gasteiger charge is 2.04. The largest absolute Gasteiger partial charge is 0.497 e. The zero-order chi connectivity index (χ0) is 14.6. The van der Waals surface area contributed by atoms with E-state index >= 15 is 0 Å². The molecule has 0 fully saturated rings. The van der Waals surface area contributed by atoms with Crippen molar-refractivity contribution < 1.29 is 9.47 Å². The third-order valence-electron chi connectivity index (χ3n) is 3.47. The summed E-state index contributed by atoms with van der Waals surface area (Å²) in [6.07, 6.45) is 7.38. The van der Waals surface area contributed by atoms with Crippen molar-refractivity contribution in [2.24, 2.45) is 0 Å². The molecule has 1 rings (SSSR count). The molecule has 0 radical (unpaired) electrons. The van der Waals surface area contributed by atoms with Crippen LogP contribution in [-0.2, 0) is 6.42 Å². The first-order valence-electron chi connectivity index (χ1n) is 7.73. The van der Waals surface area contributed by atoms with Crippen LogP contribution >= 0.6 is 0 Å². The van der Waals surface area contributed by atoms with E-state index in [1.54, 1.807) is 14.2 Å². The van der Waals surface area contributed by atoms with E-state index in [1.165, 1.54) is 37.7 Å². The van der Waals surface area contributed by atoms with Crippen molar-refractivity contribution in [3.8, 4) is 11.5 Å². The zero-order valence-electron chi connectivity index (χ0n) is 13.2. The molecule has 0 aromatic heterocycles. The molecular formula is C17H29NO2. The highest BCUT2D eigenvalue weighted by Crippen LogP contribution is 2.26. The van der Waals surface area contributed by atoms with Crippen molar-refractivity contribution in [2.45, 2.75) is 45.4 Å². The van der Waals surface area contributed by atoms with Crippen LogP contribution in [0.3, 0.4) is 0 Å². The van der Waals surface area contributed by atoms with Crippen molar-refractivity contribution in [3.63, 3.8) is 0 Å². The number of rotatable bonds is 11. The molecule has 1 aromatic carbocycles. The summed E-state index contributed by atoms with van der Waals surface area (Å²) in [6.45, 7) is 4.50. The highest BCUT2D eigenvalue weighted by atomic mass is 16.5. The number of hydrogen-bond acceptors (Lipinski definition) is 3. The van der Waals surface area contributed by atoms with E-state index in [4.69, 9.17) is 9.47 Å². The van der Waals surface area contributed by atoms with E-state index in [0.717, 1.165) is 31.0 Å². The van der Waals surface area contributed by atoms with E-state index in [0.29, 0.717) is 0 Å². The number of aryl methyl sites for hydroxylation is 1. The third-order valence-corrected chi connectivity index (χ3v) is 3.47. The maximum atomic E-state index is 5.42. The maximum absolute atomic E-state index is 5.42. The van der Waals surface area contributed by atoms with Crippen LogP contribution in [0.15, 0.2) is 18.2 Å². The quantitative estimate of drug-likeness (QED) is 0.625. The van der Waals surface area contributed by atoms with Gasteiger partial charge in [-0.3, -0.25) is 0 Å². The lowest BCUT2D eigenvalue weighted by Crippen LogP contribution is -2.15. The molecule has 1 N–H and O–H groups in total. The molecule has 3 nitrogen and oxygen atoms in total. The summed E-state index contributed by atoms with van der Waals surface area (Å²) >= 11 is 0. The molecule has 0 saturated heterocycles. The molecule has 20 heavy (non-hydrogen) atoms. The Bertz CT molecular complexity index is 366. The molecule has 0 aliphatic rings. The molecule has 114 valence electrons. The highest BCUT2D eigenvalue weighted by molar-refractivity contribution is 5.40. The summed E-state index contributed by atoms with van der Waals surface area (Å²) in [6, 6.07) is 6.08. The van der Waals surface area contributed by atoms with E-state index in [1.807, 2.05) is 12.1 Å². The minimum absolute atomic E-state index is 0.854. The smallest absolute Gasteiger partial charge is 0.125 e. The average Bonchev–Trinajstić information content (AvgIpc) is 2.50. The molecule has 1 aromatic rings. The summed E-state index contributed by atoms with van der Waals surface area (Å²) in [5, 5.41) is 3.44. The molecule has 0 saturated carbocycles. The summed E-state index contributed by atoms with van der Waals surface area (Å²) in [5.74, 6) is 1.79. The van der Waals surface area contributed by atoms with Gasteiger partial charge in [0.05, 0.1) is 14.2 Å². The van der Waals surface area contributed by atoms with Crippen LogP contribution < -0.4 is 14.8 Å². The number of ether oxygens (including phenoxy) is 2. The van der Waals surface area contributed by atoms with Crippen LogP contribution in [0.25, 0.3) is 0 Å². The van der Waals surface area contributed by atoms with Crippen LogP contribution in [0.4, 0.5) is 0 Å². The minimum Gasteiger partial charge on any atom is -0.497 e. The van der Waals surface area contributed by atoms with Gasteiger partial charge in [-0.1, -0.05) is 25.8 Å². The van der Waals surface area contributed by atoms with Gasteiger partial charge < -0.3 is 14.8 Å². The Morgan fingerprint density at radius 1 is 0.950 bits per heavy atom. The summed E-state index contributed by atoms with van der Waals surface area (Å²) < 4.78 is 10.6. The molecule has 0 heterocycles. The number of hydrogen-bond donors (Lipinski definition) is 1. The van der Waals surface area contributed by atoms with Gasteiger partial charge in [-0.2, -0.15) is 0 Å². The Morgan fingerprint density at radius 3 is 2.45 bits per heavy atom. The number of unbranched alkanes of at least 4 members (excludes halogenated alkanes) is 3. The number of benzene rings is 1. The van der Waals surface area contributed by atoms with Gasteiger partial charge in [-0.05, 0) is 50.4 Å². The van der Waals surface area contributed by atoms with Gasteiger partial charge in [-0.25, -0.2) is 0 Å². The SMILES string of the molecule is CCCNCCCCCCc1ccc(OC)cc1OC. The van der Waals surface area contributed by atoms with Crippen LogP contribution in [0.2, 0.25) is 0 Å². The second kappa shape index (κ2) is 10.6. The lowest BCUT2D eigenvalue weighted by atomic mass is 10.0. The van der Waals surface area contributed by atoms with Gasteiger partial charge >= 0.3 is 0 Å². The third kappa shape index (κ3) is 6.29. The maximum Gasteiger partial charge on any atom is 0.125 e. The lowest BCUT2D eigenvalue weighted by molar-refractivity contribution is 0.390. The van der Waals surface area contributed by atoms with Crippen LogP contribution in [0, 0.1) is 0 Å². The first-order chi connectivity index (χ1) is 9.81. The Morgan fingerprint density at radius 2 is 1.75 bits per heavy atom. The Kier molecular flexibility index (Phi) is 8.88. The minimum atomic E-state index is 0.854. The van der Waals surface area contributed by atoms with Crippen LogP contribution in [-0.4, -0.2) is 27.3 Å². The topological polar surface area (TPSA) is 30.5 Å². The van der Waals surface area contributed by atoms with Crippen molar-refractivity contribution in [1.82, 2.24) is 5.32 Å². The summed E-state index contributed by atoms with van der Waals surface area (Å²) in [4.78, 5) is 0. The molecule has 0 amide bonds. The fourth-order valence-electron chi connectivity index (χ4n) is 2.28. The molecule has 0 atom stereocenters. The molecule has 3 heteroatoms. The molecule has 0 unspecified atom stereocenters. The summed E-state index contributed by atoms with van der Waals surface area (Å²) in [7, 11) is 3.40. The Labute approximate surface area is 123 Å². The van der Waals surface area contributed by atoms with Gasteiger partial charge in [-0.15, -0.1) is 0 Å². The van der Waals surface area contributed by atoms with Gasteiger partial charge in [0.2, 0.25) is 0 Å². The number of nitrogens with one attached hydrogen (secondary N) is 1. The molecule has 0 aliphatic carbocycles. The average molecular weight is 279 g/mol. The van der Waals surface area contributed by atoms with E-state index in [2.05, 4.69) is 18.3 Å². The van der Waals surface area contributed by atoms with Crippen LogP contribution in [0.5, 0.6) is 11.5 Å². The summed E-state index contributed by atoms with van der Waals surface area (Å²) in [5.41, 5.74) is 1.28. The molecular weight excluding hydrogens is 250 g/mol. The molecule has 0 aliphatic heterocycles. The first kappa shape index (κ1) is 16.8. The Balaban J connectivity index is 2.21. The second-order valence-corrected chi connectivity index (χ2v) is 5.09. The monoisotopic (exact) mass is 279 g/mol. The zero-order valence-corrected chi connectivity index (χ0v) is 13.2. The fraction of sp³-hybridized carbons (Fsp3) is 0.647. The van der Waals surface area contributed by atoms with Gasteiger partial charge in [0, 0.05) is 6.07 Å². The predicted molar refractivity (Wildman–Crippen MR) is 84.9 cm³/mol. The fourth-order valence-corrected chi connectivity index (χ4v) is 2.28. The van der Waals surface area contributed by atoms with Crippen molar-refractivity contribution in [3.05, 3.63) is 23.8 Å². The van der Waals surface area contributed by atoms with Crippen molar-refractivity contribution in [2.75, 3.05) is 27.3 Å². The van der Waals surface area contributed by atoms with E-state index < -0.39 is 0 Å². The second-order valence-electron chi connectivity index (χ2n) is 5.09. The molecule has 0 bridgehead atoms. The van der Waals surface area contributed by atoms with Crippen molar-refractivity contribution >= 4 is 0 Å². The predicted octanol–water partition coefficient (Wildman–Crippen LogP) is 3.81. The first-order valence-corrected chi connectivity index (χ1v) is 7.73. The normalized spacial score (nSPS) is 10.6. The van der Waals surface area contributed by atoms with Crippen LogP contribution in [0.1, 0.15) is 44.6 Å². The van der Waals surface area contributed by atoms with E-state index in [9.17, 15) is 0 Å². The van der Waals surface area contributed by atoms with Crippen molar-refractivity contribution in [1.29, 1.82) is 0 Å². The van der Waals surface area contributed by atoms with E-state index in [-0.39, 0.29) is 0 Å². The van der Waals surface area contributed by atoms with Gasteiger partial charge in [0.1, 0.15) is 11.5 Å².